The average molecular weight is 478 g/mol. The van der Waals surface area contributed by atoms with Crippen LogP contribution in [0.2, 0.25) is 0 Å². The molecule has 1 atom stereocenters. The van der Waals surface area contributed by atoms with E-state index in [2.05, 4.69) is 41.1 Å². The maximum atomic E-state index is 5.94. The molecule has 1 aromatic rings. The number of morpholine rings is 1. The van der Waals surface area contributed by atoms with Crippen LogP contribution in [0, 0.1) is 0 Å². The molecule has 2 rings (SSSR count). The molecule has 0 aliphatic carbocycles. The molecule has 1 aromatic heterocycles. The minimum Gasteiger partial charge on any atom is -0.370 e. The van der Waals surface area contributed by atoms with Crippen LogP contribution in [0.3, 0.4) is 0 Å². The van der Waals surface area contributed by atoms with Crippen LogP contribution >= 0.6 is 24.0 Å². The van der Waals surface area contributed by atoms with E-state index < -0.39 is 0 Å². The SMILES string of the molecule is CCCCN(C)CCN=C(NCC)N1CCOC(c2cnn(C)c2)C1.I. The van der Waals surface area contributed by atoms with Crippen LogP contribution in [-0.4, -0.2) is 78.5 Å². The third kappa shape index (κ3) is 7.40. The Morgan fingerprint density at radius 3 is 2.88 bits per heavy atom. The number of aliphatic imine (C=N–C) groups is 1. The quantitative estimate of drug-likeness (QED) is 0.353. The molecule has 1 aliphatic heterocycles. The Kier molecular flexibility index (Phi) is 11.1. The highest BCUT2D eigenvalue weighted by Gasteiger charge is 2.25. The Morgan fingerprint density at radius 1 is 1.42 bits per heavy atom. The molecule has 0 aromatic carbocycles. The van der Waals surface area contributed by atoms with Gasteiger partial charge >= 0.3 is 0 Å². The van der Waals surface area contributed by atoms with E-state index in [1.165, 1.54) is 12.8 Å². The summed E-state index contributed by atoms with van der Waals surface area (Å²) in [6.07, 6.45) is 6.46. The lowest BCUT2D eigenvalue weighted by molar-refractivity contribution is -0.00804. The van der Waals surface area contributed by atoms with E-state index in [1.54, 1.807) is 0 Å². The first-order valence-electron chi connectivity index (χ1n) is 9.46. The van der Waals surface area contributed by atoms with Gasteiger partial charge in [-0.25, -0.2) is 0 Å². The van der Waals surface area contributed by atoms with Gasteiger partial charge in [-0.15, -0.1) is 24.0 Å². The van der Waals surface area contributed by atoms with Crippen molar-refractivity contribution in [2.45, 2.75) is 32.8 Å². The van der Waals surface area contributed by atoms with E-state index in [0.717, 1.165) is 50.8 Å². The van der Waals surface area contributed by atoms with Crippen molar-refractivity contribution in [3.63, 3.8) is 0 Å². The molecular formula is C18H35IN6O. The van der Waals surface area contributed by atoms with Crippen molar-refractivity contribution >= 4 is 29.9 Å². The number of nitrogens with zero attached hydrogens (tertiary/aromatic N) is 5. The van der Waals surface area contributed by atoms with Gasteiger partial charge in [-0.1, -0.05) is 13.3 Å². The largest absolute Gasteiger partial charge is 0.370 e. The molecule has 2 heterocycles. The first-order chi connectivity index (χ1) is 12.1. The van der Waals surface area contributed by atoms with Gasteiger partial charge in [-0.05, 0) is 26.9 Å². The minimum atomic E-state index is 0. The van der Waals surface area contributed by atoms with Crippen molar-refractivity contribution in [2.24, 2.45) is 12.0 Å². The summed E-state index contributed by atoms with van der Waals surface area (Å²) in [7, 11) is 4.11. The van der Waals surface area contributed by atoms with Gasteiger partial charge < -0.3 is 19.9 Å². The zero-order chi connectivity index (χ0) is 18.1. The van der Waals surface area contributed by atoms with E-state index in [0.29, 0.717) is 6.61 Å². The van der Waals surface area contributed by atoms with Gasteiger partial charge in [-0.2, -0.15) is 5.10 Å². The highest BCUT2D eigenvalue weighted by atomic mass is 127. The third-order valence-electron chi connectivity index (χ3n) is 4.43. The summed E-state index contributed by atoms with van der Waals surface area (Å²) in [4.78, 5) is 9.49. The summed E-state index contributed by atoms with van der Waals surface area (Å²) < 4.78 is 7.76. The number of likely N-dealkylation sites (N-methyl/N-ethyl adjacent to an activating group) is 1. The fraction of sp³-hybridized carbons (Fsp3) is 0.778. The zero-order valence-corrected chi connectivity index (χ0v) is 19.0. The number of guanidine groups is 1. The lowest BCUT2D eigenvalue weighted by Gasteiger charge is -2.35. The number of unbranched alkanes of at least 4 members (excludes halogenated alkanes) is 1. The Hall–Kier alpha value is -0.870. The lowest BCUT2D eigenvalue weighted by Crippen LogP contribution is -2.48. The Balaban J connectivity index is 0.00000338. The second-order valence-electron chi connectivity index (χ2n) is 6.65. The van der Waals surface area contributed by atoms with Gasteiger partial charge in [0, 0.05) is 38.4 Å². The second kappa shape index (κ2) is 12.5. The highest BCUT2D eigenvalue weighted by molar-refractivity contribution is 14.0. The number of nitrogens with one attached hydrogen (secondary N) is 1. The van der Waals surface area contributed by atoms with E-state index in [-0.39, 0.29) is 30.1 Å². The molecule has 8 heteroatoms. The van der Waals surface area contributed by atoms with Crippen molar-refractivity contribution in [1.82, 2.24) is 24.9 Å². The molecule has 26 heavy (non-hydrogen) atoms. The van der Waals surface area contributed by atoms with Crippen LogP contribution < -0.4 is 5.32 Å². The maximum Gasteiger partial charge on any atom is 0.194 e. The van der Waals surface area contributed by atoms with E-state index in [1.807, 2.05) is 24.1 Å². The summed E-state index contributed by atoms with van der Waals surface area (Å²) in [5, 5.41) is 7.69. The van der Waals surface area contributed by atoms with E-state index in [4.69, 9.17) is 9.73 Å². The van der Waals surface area contributed by atoms with Crippen molar-refractivity contribution in [3.05, 3.63) is 18.0 Å². The molecule has 1 saturated heterocycles. The van der Waals surface area contributed by atoms with E-state index >= 15 is 0 Å². The number of aryl methyl sites for hydroxylation is 1. The molecule has 0 radical (unpaired) electrons. The Bertz CT molecular complexity index is 536. The Labute approximate surface area is 175 Å². The number of hydrogen-bond donors (Lipinski definition) is 1. The van der Waals surface area contributed by atoms with Crippen molar-refractivity contribution in [2.75, 3.05) is 52.9 Å². The van der Waals surface area contributed by atoms with Gasteiger partial charge in [0.1, 0.15) is 6.10 Å². The maximum absolute atomic E-state index is 5.94. The molecule has 1 aliphatic rings. The van der Waals surface area contributed by atoms with Gasteiger partial charge in [0.05, 0.1) is 25.9 Å². The second-order valence-corrected chi connectivity index (χ2v) is 6.65. The molecule has 0 saturated carbocycles. The van der Waals surface area contributed by atoms with Gasteiger partial charge in [0.2, 0.25) is 0 Å². The van der Waals surface area contributed by atoms with Gasteiger partial charge in [0.25, 0.3) is 0 Å². The summed E-state index contributed by atoms with van der Waals surface area (Å²) in [6.45, 7) is 10.6. The molecule has 1 fully saturated rings. The molecule has 150 valence electrons. The fourth-order valence-electron chi connectivity index (χ4n) is 2.94. The lowest BCUT2D eigenvalue weighted by atomic mass is 10.1. The summed E-state index contributed by atoms with van der Waals surface area (Å²) in [5.74, 6) is 0.989. The predicted molar refractivity (Wildman–Crippen MR) is 117 cm³/mol. The van der Waals surface area contributed by atoms with Gasteiger partial charge in [-0.3, -0.25) is 9.67 Å². The average Bonchev–Trinajstić information content (AvgIpc) is 3.06. The number of hydrogen-bond acceptors (Lipinski definition) is 4. The topological polar surface area (TPSA) is 57.9 Å². The summed E-state index contributed by atoms with van der Waals surface area (Å²) in [5.41, 5.74) is 1.13. The van der Waals surface area contributed by atoms with E-state index in [9.17, 15) is 0 Å². The normalized spacial score (nSPS) is 18.1. The first-order valence-corrected chi connectivity index (χ1v) is 9.46. The van der Waals surface area contributed by atoms with Crippen LogP contribution in [0.1, 0.15) is 38.4 Å². The van der Waals surface area contributed by atoms with Crippen molar-refractivity contribution < 1.29 is 4.74 Å². The first kappa shape index (κ1) is 23.2. The molecule has 0 amide bonds. The zero-order valence-electron chi connectivity index (χ0n) is 16.6. The smallest absolute Gasteiger partial charge is 0.194 e. The van der Waals surface area contributed by atoms with Crippen LogP contribution in [0.15, 0.2) is 17.4 Å². The van der Waals surface area contributed by atoms with Gasteiger partial charge in [0.15, 0.2) is 5.96 Å². The monoisotopic (exact) mass is 478 g/mol. The molecular weight excluding hydrogens is 443 g/mol. The van der Waals surface area contributed by atoms with Crippen LogP contribution in [-0.2, 0) is 11.8 Å². The number of rotatable bonds is 8. The third-order valence-corrected chi connectivity index (χ3v) is 4.43. The molecule has 0 bridgehead atoms. The standard InChI is InChI=1S/C18H34N6O.HI/c1-5-7-9-22(3)10-8-20-18(19-6-2)24-11-12-25-17(15-24)16-13-21-23(4)14-16;/h13-14,17H,5-12,15H2,1-4H3,(H,19,20);1H. The van der Waals surface area contributed by atoms with Crippen molar-refractivity contribution in [1.29, 1.82) is 0 Å². The highest BCUT2D eigenvalue weighted by Crippen LogP contribution is 2.21. The van der Waals surface area contributed by atoms with Crippen LogP contribution in [0.4, 0.5) is 0 Å². The molecule has 0 spiro atoms. The van der Waals surface area contributed by atoms with Crippen molar-refractivity contribution in [3.8, 4) is 0 Å². The summed E-state index contributed by atoms with van der Waals surface area (Å²) in [6, 6.07) is 0. The molecule has 7 nitrogen and oxygen atoms in total. The Morgan fingerprint density at radius 2 is 2.23 bits per heavy atom. The number of ether oxygens (including phenoxy) is 1. The van der Waals surface area contributed by atoms with Crippen LogP contribution in [0.25, 0.3) is 0 Å². The van der Waals surface area contributed by atoms with Crippen LogP contribution in [0.5, 0.6) is 0 Å². The number of halogens is 1. The minimum absolute atomic E-state index is 0. The number of aromatic nitrogens is 2. The summed E-state index contributed by atoms with van der Waals surface area (Å²) >= 11 is 0. The fourth-order valence-corrected chi connectivity index (χ4v) is 2.94. The molecule has 1 unspecified atom stereocenters. The predicted octanol–water partition coefficient (Wildman–Crippen LogP) is 2.11. The molecule has 1 N–H and O–H groups in total.